The van der Waals surface area contributed by atoms with Gasteiger partial charge in [-0.25, -0.2) is 0 Å². The van der Waals surface area contributed by atoms with Crippen molar-refractivity contribution in [3.8, 4) is 5.75 Å². The summed E-state index contributed by atoms with van der Waals surface area (Å²) >= 11 is 3.24. The summed E-state index contributed by atoms with van der Waals surface area (Å²) in [6.45, 7) is -1.20. The van der Waals surface area contributed by atoms with Crippen LogP contribution in [0.25, 0.3) is 0 Å². The second kappa shape index (κ2) is 6.81. The molecule has 0 heterocycles. The summed E-state index contributed by atoms with van der Waals surface area (Å²) in [7, 11) is 1.60. The number of hydrogen-bond donors (Lipinski definition) is 1. The van der Waals surface area contributed by atoms with Crippen molar-refractivity contribution >= 4 is 21.9 Å². The number of ether oxygens (including phenoxy) is 1. The Morgan fingerprint density at radius 3 is 2.68 bits per heavy atom. The average molecular weight is 338 g/mol. The van der Waals surface area contributed by atoms with Gasteiger partial charge in [-0.15, -0.1) is 0 Å². The van der Waals surface area contributed by atoms with E-state index in [1.807, 2.05) is 0 Å². The number of hydrogen-bond acceptors (Lipinski definition) is 3. The molecule has 7 heteroatoms. The lowest BCUT2D eigenvalue weighted by atomic mass is 10.1. The van der Waals surface area contributed by atoms with Gasteiger partial charge in [0, 0.05) is 16.6 Å². The number of benzene rings is 1. The molecule has 0 saturated carbocycles. The van der Waals surface area contributed by atoms with Gasteiger partial charge in [-0.05, 0) is 32.2 Å². The molecule has 0 radical (unpaired) electrons. The van der Waals surface area contributed by atoms with Crippen molar-refractivity contribution in [3.63, 3.8) is 0 Å². The topological polar surface area (TPSA) is 49.8 Å². The zero-order chi connectivity index (χ0) is 14.6. The molecule has 0 fully saturated rings. The maximum atomic E-state index is 12.3. The highest BCUT2D eigenvalue weighted by atomic mass is 79.9. The third-order valence-corrected chi connectivity index (χ3v) is 3.17. The molecule has 0 amide bonds. The molecular weight excluding hydrogens is 324 g/mol. The number of rotatable bonds is 6. The zero-order valence-electron chi connectivity index (χ0n) is 10.4. The zero-order valence-corrected chi connectivity index (χ0v) is 12.0. The molecule has 106 valence electrons. The van der Waals surface area contributed by atoms with Crippen LogP contribution in [-0.2, 0) is 11.3 Å². The highest BCUT2D eigenvalue weighted by Gasteiger charge is 2.19. The largest absolute Gasteiger partial charge is 0.480 e. The van der Waals surface area contributed by atoms with Crippen LogP contribution in [0.1, 0.15) is 12.5 Å². The molecule has 1 atom stereocenters. The first kappa shape index (κ1) is 15.8. The molecular formula is C12H14BrF2NO3. The predicted octanol–water partition coefficient (Wildman–Crippen LogP) is 2.96. The molecule has 0 aliphatic rings. The molecule has 0 aliphatic carbocycles. The fourth-order valence-corrected chi connectivity index (χ4v) is 1.89. The summed E-state index contributed by atoms with van der Waals surface area (Å²) < 4.78 is 29.7. The summed E-state index contributed by atoms with van der Waals surface area (Å²) in [6.07, 6.45) is 0. The van der Waals surface area contributed by atoms with Gasteiger partial charge in [0.2, 0.25) is 0 Å². The third-order valence-electron chi connectivity index (χ3n) is 2.68. The minimum Gasteiger partial charge on any atom is -0.480 e. The number of carboxylic acids is 1. The number of halogens is 3. The van der Waals surface area contributed by atoms with Gasteiger partial charge in [0.25, 0.3) is 0 Å². The molecule has 0 bridgehead atoms. The monoisotopic (exact) mass is 337 g/mol. The number of nitrogens with zero attached hydrogens (tertiary/aromatic N) is 1. The standard InChI is InChI=1S/C12H14BrF2NO3/c1-7(11(17)18)16(2)6-8-5-9(13)3-4-10(8)19-12(14)15/h3-5,7,12H,6H2,1-2H3,(H,17,18). The average Bonchev–Trinajstić information content (AvgIpc) is 2.31. The number of carbonyl (C=O) groups is 1. The van der Waals surface area contributed by atoms with Crippen molar-refractivity contribution in [2.24, 2.45) is 0 Å². The van der Waals surface area contributed by atoms with Gasteiger partial charge in [-0.3, -0.25) is 9.69 Å². The van der Waals surface area contributed by atoms with E-state index < -0.39 is 18.6 Å². The lowest BCUT2D eigenvalue weighted by molar-refractivity contribution is -0.142. The van der Waals surface area contributed by atoms with Crippen LogP contribution in [-0.4, -0.2) is 35.7 Å². The maximum absolute atomic E-state index is 12.3. The minimum absolute atomic E-state index is 0.0441. The minimum atomic E-state index is -2.91. The van der Waals surface area contributed by atoms with Gasteiger partial charge >= 0.3 is 12.6 Å². The number of likely N-dealkylation sites (N-methyl/N-ethyl adjacent to an activating group) is 1. The molecule has 1 unspecified atom stereocenters. The molecule has 1 rings (SSSR count). The van der Waals surface area contributed by atoms with Crippen molar-refractivity contribution in [2.45, 2.75) is 26.1 Å². The molecule has 4 nitrogen and oxygen atoms in total. The van der Waals surface area contributed by atoms with Crippen molar-refractivity contribution in [1.29, 1.82) is 0 Å². The van der Waals surface area contributed by atoms with Gasteiger partial charge < -0.3 is 9.84 Å². The van der Waals surface area contributed by atoms with Crippen LogP contribution in [0.3, 0.4) is 0 Å². The summed E-state index contributed by atoms with van der Waals surface area (Å²) in [5.41, 5.74) is 0.491. The Bertz CT molecular complexity index is 457. The fourth-order valence-electron chi connectivity index (χ4n) is 1.48. The van der Waals surface area contributed by atoms with E-state index in [9.17, 15) is 13.6 Å². The van der Waals surface area contributed by atoms with Gasteiger partial charge in [0.1, 0.15) is 11.8 Å². The fraction of sp³-hybridized carbons (Fsp3) is 0.417. The molecule has 1 aromatic rings. The Kier molecular flexibility index (Phi) is 5.68. The Labute approximate surface area is 118 Å². The summed E-state index contributed by atoms with van der Waals surface area (Å²) in [6, 6.07) is 3.91. The van der Waals surface area contributed by atoms with Crippen molar-refractivity contribution in [1.82, 2.24) is 4.90 Å². The number of carboxylic acid groups (broad SMARTS) is 1. The van der Waals surface area contributed by atoms with Gasteiger partial charge in [0.15, 0.2) is 0 Å². The first-order chi connectivity index (χ1) is 8.81. The van der Waals surface area contributed by atoms with Crippen LogP contribution in [0.2, 0.25) is 0 Å². The van der Waals surface area contributed by atoms with Crippen LogP contribution in [0.5, 0.6) is 5.75 Å². The van der Waals surface area contributed by atoms with E-state index in [0.29, 0.717) is 10.0 Å². The van der Waals surface area contributed by atoms with Crippen LogP contribution in [0.4, 0.5) is 8.78 Å². The maximum Gasteiger partial charge on any atom is 0.387 e. The lowest BCUT2D eigenvalue weighted by Crippen LogP contribution is -2.35. The quantitative estimate of drug-likeness (QED) is 0.867. The Balaban J connectivity index is 2.92. The SMILES string of the molecule is CC(C(=O)O)N(C)Cc1cc(Br)ccc1OC(F)F. The van der Waals surface area contributed by atoms with Crippen LogP contribution < -0.4 is 4.74 Å². The van der Waals surface area contributed by atoms with E-state index >= 15 is 0 Å². The van der Waals surface area contributed by atoms with E-state index in [1.165, 1.54) is 17.9 Å². The van der Waals surface area contributed by atoms with E-state index in [0.717, 1.165) is 0 Å². The molecule has 19 heavy (non-hydrogen) atoms. The summed E-state index contributed by atoms with van der Waals surface area (Å²) in [4.78, 5) is 12.4. The first-order valence-electron chi connectivity index (χ1n) is 5.47. The van der Waals surface area contributed by atoms with Crippen LogP contribution in [0, 0.1) is 0 Å². The highest BCUT2D eigenvalue weighted by Crippen LogP contribution is 2.26. The third kappa shape index (κ3) is 4.76. The normalized spacial score (nSPS) is 12.8. The molecule has 0 aliphatic heterocycles. The van der Waals surface area contributed by atoms with E-state index in [1.54, 1.807) is 19.2 Å². The summed E-state index contributed by atoms with van der Waals surface area (Å²) in [5.74, 6) is -0.934. The van der Waals surface area contributed by atoms with Crippen molar-refractivity contribution < 1.29 is 23.4 Å². The molecule has 1 N–H and O–H groups in total. The second-order valence-electron chi connectivity index (χ2n) is 4.06. The van der Waals surface area contributed by atoms with Crippen LogP contribution in [0.15, 0.2) is 22.7 Å². The van der Waals surface area contributed by atoms with Gasteiger partial charge in [-0.1, -0.05) is 15.9 Å². The van der Waals surface area contributed by atoms with E-state index in [4.69, 9.17) is 5.11 Å². The van der Waals surface area contributed by atoms with Crippen LogP contribution >= 0.6 is 15.9 Å². The first-order valence-corrected chi connectivity index (χ1v) is 6.27. The molecule has 0 aromatic heterocycles. The Morgan fingerprint density at radius 2 is 2.16 bits per heavy atom. The lowest BCUT2D eigenvalue weighted by Gasteiger charge is -2.22. The summed E-state index contributed by atoms with van der Waals surface area (Å²) in [5, 5.41) is 8.90. The van der Waals surface area contributed by atoms with Gasteiger partial charge in [0.05, 0.1) is 0 Å². The Hall–Kier alpha value is -1.21. The van der Waals surface area contributed by atoms with E-state index in [2.05, 4.69) is 20.7 Å². The smallest absolute Gasteiger partial charge is 0.387 e. The molecule has 1 aromatic carbocycles. The number of alkyl halides is 2. The van der Waals surface area contributed by atoms with Crippen molar-refractivity contribution in [3.05, 3.63) is 28.2 Å². The number of aliphatic carboxylic acids is 1. The van der Waals surface area contributed by atoms with Crippen molar-refractivity contribution in [2.75, 3.05) is 7.05 Å². The predicted molar refractivity (Wildman–Crippen MR) is 69.3 cm³/mol. The molecule has 0 saturated heterocycles. The van der Waals surface area contributed by atoms with Gasteiger partial charge in [-0.2, -0.15) is 8.78 Å². The van der Waals surface area contributed by atoms with E-state index in [-0.39, 0.29) is 12.3 Å². The second-order valence-corrected chi connectivity index (χ2v) is 4.98. The highest BCUT2D eigenvalue weighted by molar-refractivity contribution is 9.10. The Morgan fingerprint density at radius 1 is 1.53 bits per heavy atom. The molecule has 0 spiro atoms.